The molecule has 4 rings (SSSR count). The summed E-state index contributed by atoms with van der Waals surface area (Å²) in [6, 6.07) is 9.21. The zero-order chi connectivity index (χ0) is 16.7. The van der Waals surface area contributed by atoms with Gasteiger partial charge in [-0.2, -0.15) is 0 Å². The zero-order valence-electron chi connectivity index (χ0n) is 13.8. The van der Waals surface area contributed by atoms with Gasteiger partial charge in [0.1, 0.15) is 17.4 Å². The number of hydrogen-bond acceptors (Lipinski definition) is 3. The molecule has 5 heteroatoms. The minimum atomic E-state index is -0.329. The summed E-state index contributed by atoms with van der Waals surface area (Å²) in [4.78, 5) is 26.8. The summed E-state index contributed by atoms with van der Waals surface area (Å²) >= 11 is 0. The van der Waals surface area contributed by atoms with Crippen LogP contribution in [0.1, 0.15) is 44.4 Å². The van der Waals surface area contributed by atoms with Crippen molar-refractivity contribution < 1.29 is 14.0 Å². The first-order valence-corrected chi connectivity index (χ1v) is 8.73. The lowest BCUT2D eigenvalue weighted by Gasteiger charge is -2.25. The van der Waals surface area contributed by atoms with Crippen molar-refractivity contribution >= 4 is 22.8 Å². The Labute approximate surface area is 141 Å². The van der Waals surface area contributed by atoms with Crippen molar-refractivity contribution in [3.05, 3.63) is 36.1 Å². The third-order valence-corrected chi connectivity index (χ3v) is 5.00. The van der Waals surface area contributed by atoms with E-state index in [1.54, 1.807) is 4.90 Å². The Morgan fingerprint density at radius 1 is 1.25 bits per heavy atom. The molecule has 1 aromatic carbocycles. The van der Waals surface area contributed by atoms with Crippen molar-refractivity contribution in [1.82, 2.24) is 10.2 Å². The highest BCUT2D eigenvalue weighted by atomic mass is 16.3. The van der Waals surface area contributed by atoms with Crippen LogP contribution in [0, 0.1) is 5.92 Å². The molecule has 0 spiro atoms. The number of amides is 2. The van der Waals surface area contributed by atoms with E-state index in [4.69, 9.17) is 4.42 Å². The molecule has 24 heavy (non-hydrogen) atoms. The van der Waals surface area contributed by atoms with Crippen LogP contribution in [-0.4, -0.2) is 29.3 Å². The van der Waals surface area contributed by atoms with Crippen molar-refractivity contribution in [3.8, 4) is 0 Å². The largest absolute Gasteiger partial charge is 0.459 e. The number of benzene rings is 1. The maximum atomic E-state index is 12.7. The Morgan fingerprint density at radius 2 is 2.04 bits per heavy atom. The van der Waals surface area contributed by atoms with E-state index < -0.39 is 0 Å². The molecule has 2 aliphatic rings. The maximum Gasteiger partial charge on any atom is 0.243 e. The van der Waals surface area contributed by atoms with Crippen LogP contribution in [0.3, 0.4) is 0 Å². The third kappa shape index (κ3) is 2.79. The lowest BCUT2D eigenvalue weighted by atomic mass is 10.1. The fourth-order valence-corrected chi connectivity index (χ4v) is 3.46. The van der Waals surface area contributed by atoms with E-state index in [0.29, 0.717) is 6.54 Å². The molecular formula is C19H22N2O3. The second-order valence-electron chi connectivity index (χ2n) is 6.88. The van der Waals surface area contributed by atoms with Gasteiger partial charge in [-0.15, -0.1) is 0 Å². The minimum absolute atomic E-state index is 0.0746. The smallest absolute Gasteiger partial charge is 0.243 e. The van der Waals surface area contributed by atoms with Crippen LogP contribution in [0.4, 0.5) is 0 Å². The Balaban J connectivity index is 1.45. The number of nitrogens with zero attached hydrogens (tertiary/aromatic N) is 1. The Hall–Kier alpha value is -2.30. The van der Waals surface area contributed by atoms with Gasteiger partial charge in [-0.25, -0.2) is 0 Å². The van der Waals surface area contributed by atoms with Gasteiger partial charge in [-0.1, -0.05) is 18.2 Å². The molecule has 0 unspecified atom stereocenters. The molecular weight excluding hydrogens is 304 g/mol. The van der Waals surface area contributed by atoms with Gasteiger partial charge in [-0.3, -0.25) is 9.59 Å². The van der Waals surface area contributed by atoms with Gasteiger partial charge in [0.25, 0.3) is 0 Å². The first-order valence-electron chi connectivity index (χ1n) is 8.73. The predicted molar refractivity (Wildman–Crippen MR) is 90.2 cm³/mol. The van der Waals surface area contributed by atoms with Crippen LogP contribution in [0.15, 0.2) is 34.7 Å². The molecule has 1 aromatic heterocycles. The van der Waals surface area contributed by atoms with E-state index in [-0.39, 0.29) is 29.8 Å². The van der Waals surface area contributed by atoms with Gasteiger partial charge in [0.2, 0.25) is 11.8 Å². The normalized spacial score (nSPS) is 21.9. The number of fused-ring (bicyclic) bond motifs is 1. The van der Waals surface area contributed by atoms with Crippen molar-refractivity contribution in [1.29, 1.82) is 0 Å². The summed E-state index contributed by atoms with van der Waals surface area (Å²) in [5.41, 5.74) is 0.819. The molecule has 1 N–H and O–H groups in total. The molecule has 2 heterocycles. The molecule has 1 saturated heterocycles. The van der Waals surface area contributed by atoms with Gasteiger partial charge in [0, 0.05) is 17.8 Å². The van der Waals surface area contributed by atoms with Crippen LogP contribution < -0.4 is 5.32 Å². The lowest BCUT2D eigenvalue weighted by molar-refractivity contribution is -0.139. The van der Waals surface area contributed by atoms with E-state index in [9.17, 15) is 9.59 Å². The van der Waals surface area contributed by atoms with Gasteiger partial charge in [-0.05, 0) is 44.7 Å². The highest BCUT2D eigenvalue weighted by Crippen LogP contribution is 2.34. The van der Waals surface area contributed by atoms with Crippen LogP contribution >= 0.6 is 0 Å². The number of para-hydroxylation sites is 1. The molecule has 1 aliphatic carbocycles. The molecule has 0 bridgehead atoms. The Morgan fingerprint density at radius 3 is 2.79 bits per heavy atom. The van der Waals surface area contributed by atoms with Crippen LogP contribution in [0.25, 0.3) is 11.0 Å². The number of likely N-dealkylation sites (tertiary alicyclic amines) is 1. The van der Waals surface area contributed by atoms with Crippen molar-refractivity contribution in [2.24, 2.45) is 5.92 Å². The summed E-state index contributed by atoms with van der Waals surface area (Å²) in [6.45, 7) is 2.62. The summed E-state index contributed by atoms with van der Waals surface area (Å²) in [5, 5.41) is 4.04. The molecule has 2 aromatic rings. The molecule has 2 atom stereocenters. The van der Waals surface area contributed by atoms with E-state index >= 15 is 0 Å². The number of furan rings is 1. The number of hydrogen-bond donors (Lipinski definition) is 1. The molecule has 2 fully saturated rings. The van der Waals surface area contributed by atoms with Crippen LogP contribution in [-0.2, 0) is 9.59 Å². The molecule has 5 nitrogen and oxygen atoms in total. The first kappa shape index (κ1) is 15.2. The van der Waals surface area contributed by atoms with Gasteiger partial charge in [0.15, 0.2) is 0 Å². The van der Waals surface area contributed by atoms with Gasteiger partial charge >= 0.3 is 0 Å². The third-order valence-electron chi connectivity index (χ3n) is 5.00. The van der Waals surface area contributed by atoms with Crippen molar-refractivity contribution in [2.45, 2.75) is 44.7 Å². The summed E-state index contributed by atoms with van der Waals surface area (Å²) in [6.07, 6.45) is 3.59. The summed E-state index contributed by atoms with van der Waals surface area (Å²) in [5.74, 6) is 0.979. The SMILES string of the molecule is C[C@@H](NC(=O)[C@H]1CCCN1C(=O)C1CC1)c1cc2ccccc2o1. The zero-order valence-corrected chi connectivity index (χ0v) is 13.8. The molecule has 126 valence electrons. The first-order chi connectivity index (χ1) is 11.6. The number of rotatable bonds is 4. The van der Waals surface area contributed by atoms with E-state index in [1.807, 2.05) is 37.3 Å². The lowest BCUT2D eigenvalue weighted by Crippen LogP contribution is -2.47. The van der Waals surface area contributed by atoms with E-state index in [1.165, 1.54) is 0 Å². The maximum absolute atomic E-state index is 12.7. The average Bonchev–Trinajstić information content (AvgIpc) is 3.15. The van der Waals surface area contributed by atoms with E-state index in [0.717, 1.165) is 42.4 Å². The second-order valence-corrected chi connectivity index (χ2v) is 6.88. The quantitative estimate of drug-likeness (QED) is 0.939. The fraction of sp³-hybridized carbons (Fsp3) is 0.474. The number of carbonyl (C=O) groups excluding carboxylic acids is 2. The van der Waals surface area contributed by atoms with Gasteiger partial charge < -0.3 is 14.6 Å². The summed E-state index contributed by atoms with van der Waals surface area (Å²) < 4.78 is 5.82. The molecule has 2 amide bonds. The topological polar surface area (TPSA) is 62.6 Å². The second kappa shape index (κ2) is 5.96. The molecule has 1 saturated carbocycles. The van der Waals surface area contributed by atoms with E-state index in [2.05, 4.69) is 5.32 Å². The standard InChI is InChI=1S/C19H22N2O3/c1-12(17-11-14-5-2-3-7-16(14)24-17)20-18(22)15-6-4-10-21(15)19(23)13-8-9-13/h2-3,5,7,11-13,15H,4,6,8-10H2,1H3,(H,20,22)/t12-,15-/m1/s1. The predicted octanol–water partition coefficient (Wildman–Crippen LogP) is 3.01. The molecule has 1 aliphatic heterocycles. The van der Waals surface area contributed by atoms with Crippen molar-refractivity contribution in [2.75, 3.05) is 6.54 Å². The van der Waals surface area contributed by atoms with Crippen molar-refractivity contribution in [3.63, 3.8) is 0 Å². The minimum Gasteiger partial charge on any atom is -0.459 e. The summed E-state index contributed by atoms with van der Waals surface area (Å²) in [7, 11) is 0. The average molecular weight is 326 g/mol. The Bertz CT molecular complexity index is 745. The number of carbonyl (C=O) groups is 2. The Kier molecular flexibility index (Phi) is 3.79. The van der Waals surface area contributed by atoms with Crippen LogP contribution in [0.2, 0.25) is 0 Å². The fourth-order valence-electron chi connectivity index (χ4n) is 3.46. The highest BCUT2D eigenvalue weighted by molar-refractivity contribution is 5.90. The van der Waals surface area contributed by atoms with Crippen LogP contribution in [0.5, 0.6) is 0 Å². The number of nitrogens with one attached hydrogen (secondary N) is 1. The van der Waals surface area contributed by atoms with Gasteiger partial charge in [0.05, 0.1) is 6.04 Å². The molecule has 0 radical (unpaired) electrons. The highest BCUT2D eigenvalue weighted by Gasteiger charge is 2.41. The monoisotopic (exact) mass is 326 g/mol.